The lowest BCUT2D eigenvalue weighted by Gasteiger charge is -2.16. The van der Waals surface area contributed by atoms with E-state index in [1.165, 1.54) is 26.2 Å². The van der Waals surface area contributed by atoms with Crippen LogP contribution in [0.2, 0.25) is 5.02 Å². The molecule has 0 radical (unpaired) electrons. The van der Waals surface area contributed by atoms with E-state index in [1.54, 1.807) is 19.2 Å². The lowest BCUT2D eigenvalue weighted by molar-refractivity contribution is -0.129. The number of carbonyl (C=O) groups is 2. The Morgan fingerprint density at radius 2 is 1.79 bits per heavy atom. The van der Waals surface area contributed by atoms with Crippen LogP contribution in [0.25, 0.3) is 0 Å². The Labute approximate surface area is 174 Å². The molecule has 1 atom stereocenters. The van der Waals surface area contributed by atoms with Gasteiger partial charge in [0.05, 0.1) is 31.4 Å². The molecule has 0 saturated carbocycles. The van der Waals surface area contributed by atoms with Crippen molar-refractivity contribution in [3.8, 4) is 17.2 Å². The molecule has 2 rings (SSSR count). The Morgan fingerprint density at radius 3 is 2.38 bits per heavy atom. The SMILES string of the molecule is CCOc1c(Cl)cc(C(=O)O[C@@H](C)C(=O)NCc2ccc(OC)cc2)cc1OC. The summed E-state index contributed by atoms with van der Waals surface area (Å²) < 4.78 is 21.0. The van der Waals surface area contributed by atoms with Gasteiger partial charge in [0.2, 0.25) is 0 Å². The zero-order chi connectivity index (χ0) is 21.4. The topological polar surface area (TPSA) is 83.1 Å². The third kappa shape index (κ3) is 6.02. The van der Waals surface area contributed by atoms with E-state index in [9.17, 15) is 9.59 Å². The van der Waals surface area contributed by atoms with Crippen LogP contribution >= 0.6 is 11.6 Å². The van der Waals surface area contributed by atoms with Crippen molar-refractivity contribution in [2.24, 2.45) is 0 Å². The van der Waals surface area contributed by atoms with Crippen LogP contribution in [0.15, 0.2) is 36.4 Å². The molecule has 156 valence electrons. The molecule has 0 unspecified atom stereocenters. The number of methoxy groups -OCH3 is 2. The van der Waals surface area contributed by atoms with Crippen LogP contribution in [0.3, 0.4) is 0 Å². The molecule has 0 saturated heterocycles. The predicted molar refractivity (Wildman–Crippen MR) is 109 cm³/mol. The molecule has 0 aliphatic carbocycles. The van der Waals surface area contributed by atoms with E-state index in [2.05, 4.69) is 5.32 Å². The summed E-state index contributed by atoms with van der Waals surface area (Å²) in [5.74, 6) is 0.270. The molecule has 0 bridgehead atoms. The van der Waals surface area contributed by atoms with Crippen LogP contribution < -0.4 is 19.5 Å². The van der Waals surface area contributed by atoms with E-state index in [0.717, 1.165) is 11.3 Å². The van der Waals surface area contributed by atoms with Crippen LogP contribution in [-0.4, -0.2) is 38.8 Å². The van der Waals surface area contributed by atoms with Crippen LogP contribution in [0.4, 0.5) is 0 Å². The number of hydrogen-bond donors (Lipinski definition) is 1. The summed E-state index contributed by atoms with van der Waals surface area (Å²) in [4.78, 5) is 24.7. The monoisotopic (exact) mass is 421 g/mol. The molecule has 1 N–H and O–H groups in total. The quantitative estimate of drug-likeness (QED) is 0.623. The first kappa shape index (κ1) is 22.4. The summed E-state index contributed by atoms with van der Waals surface area (Å²) in [6.45, 7) is 4.00. The minimum atomic E-state index is -0.989. The van der Waals surface area contributed by atoms with Gasteiger partial charge in [-0.05, 0) is 43.7 Å². The fraction of sp³-hybridized carbons (Fsp3) is 0.333. The molecule has 0 spiro atoms. The highest BCUT2D eigenvalue weighted by Gasteiger charge is 2.21. The number of rotatable bonds is 9. The van der Waals surface area contributed by atoms with Gasteiger partial charge in [-0.25, -0.2) is 4.79 Å². The number of halogens is 1. The molecule has 8 heteroatoms. The largest absolute Gasteiger partial charge is 0.497 e. The molecule has 0 heterocycles. The number of esters is 1. The highest BCUT2D eigenvalue weighted by atomic mass is 35.5. The van der Waals surface area contributed by atoms with Gasteiger partial charge in [-0.15, -0.1) is 0 Å². The van der Waals surface area contributed by atoms with Crippen LogP contribution in [-0.2, 0) is 16.1 Å². The molecule has 29 heavy (non-hydrogen) atoms. The molecule has 2 aromatic carbocycles. The van der Waals surface area contributed by atoms with E-state index < -0.39 is 18.0 Å². The number of benzene rings is 2. The van der Waals surface area contributed by atoms with Crippen molar-refractivity contribution >= 4 is 23.5 Å². The highest BCUT2D eigenvalue weighted by Crippen LogP contribution is 2.36. The van der Waals surface area contributed by atoms with E-state index in [1.807, 2.05) is 19.1 Å². The zero-order valence-electron chi connectivity index (χ0n) is 16.8. The average molecular weight is 422 g/mol. The van der Waals surface area contributed by atoms with Crippen molar-refractivity contribution in [1.82, 2.24) is 5.32 Å². The highest BCUT2D eigenvalue weighted by molar-refractivity contribution is 6.32. The van der Waals surface area contributed by atoms with Gasteiger partial charge >= 0.3 is 5.97 Å². The maximum atomic E-state index is 12.4. The van der Waals surface area contributed by atoms with Gasteiger partial charge in [-0.1, -0.05) is 23.7 Å². The van der Waals surface area contributed by atoms with Crippen molar-refractivity contribution in [1.29, 1.82) is 0 Å². The van der Waals surface area contributed by atoms with Crippen molar-refractivity contribution < 1.29 is 28.5 Å². The Hall–Kier alpha value is -2.93. The Balaban J connectivity index is 1.98. The third-order valence-electron chi connectivity index (χ3n) is 4.03. The molecular formula is C21H24ClNO6. The first-order valence-corrected chi connectivity index (χ1v) is 9.39. The van der Waals surface area contributed by atoms with Crippen molar-refractivity contribution in [3.05, 3.63) is 52.5 Å². The number of hydrogen-bond acceptors (Lipinski definition) is 6. The van der Waals surface area contributed by atoms with E-state index >= 15 is 0 Å². The molecule has 2 aromatic rings. The summed E-state index contributed by atoms with van der Waals surface area (Å²) >= 11 is 6.17. The van der Waals surface area contributed by atoms with Crippen molar-refractivity contribution in [2.45, 2.75) is 26.5 Å². The second-order valence-electron chi connectivity index (χ2n) is 6.04. The summed E-state index contributed by atoms with van der Waals surface area (Å²) in [5.41, 5.74) is 1.05. The number of carbonyl (C=O) groups excluding carboxylic acids is 2. The molecular weight excluding hydrogens is 398 g/mol. The van der Waals surface area contributed by atoms with Crippen LogP contribution in [0, 0.1) is 0 Å². The molecule has 0 aliphatic rings. The lowest BCUT2D eigenvalue weighted by Crippen LogP contribution is -2.35. The second kappa shape index (κ2) is 10.6. The zero-order valence-corrected chi connectivity index (χ0v) is 17.5. The fourth-order valence-corrected chi connectivity index (χ4v) is 2.75. The van der Waals surface area contributed by atoms with Gasteiger partial charge in [0.1, 0.15) is 5.75 Å². The molecule has 0 aromatic heterocycles. The Bertz CT molecular complexity index is 853. The minimum absolute atomic E-state index is 0.158. The first-order chi connectivity index (χ1) is 13.9. The minimum Gasteiger partial charge on any atom is -0.497 e. The van der Waals surface area contributed by atoms with E-state index in [-0.39, 0.29) is 10.6 Å². The normalized spacial score (nSPS) is 11.3. The summed E-state index contributed by atoms with van der Waals surface area (Å²) in [6.07, 6.45) is -0.989. The summed E-state index contributed by atoms with van der Waals surface area (Å²) in [7, 11) is 3.03. The van der Waals surface area contributed by atoms with Crippen LogP contribution in [0.5, 0.6) is 17.2 Å². The number of amides is 1. The predicted octanol–water partition coefficient (Wildman–Crippen LogP) is 3.62. The number of nitrogens with one attached hydrogen (secondary N) is 1. The molecule has 0 fully saturated rings. The van der Waals surface area contributed by atoms with Crippen LogP contribution in [0.1, 0.15) is 29.8 Å². The van der Waals surface area contributed by atoms with Gasteiger partial charge in [-0.2, -0.15) is 0 Å². The lowest BCUT2D eigenvalue weighted by atomic mass is 10.2. The molecule has 1 amide bonds. The van der Waals surface area contributed by atoms with Gasteiger partial charge < -0.3 is 24.3 Å². The van der Waals surface area contributed by atoms with Gasteiger partial charge in [0.15, 0.2) is 17.6 Å². The Kier molecular flexibility index (Phi) is 8.15. The first-order valence-electron chi connectivity index (χ1n) is 9.01. The van der Waals surface area contributed by atoms with Gasteiger partial charge in [-0.3, -0.25) is 4.79 Å². The summed E-state index contributed by atoms with van der Waals surface area (Å²) in [6, 6.07) is 10.1. The maximum absolute atomic E-state index is 12.4. The third-order valence-corrected chi connectivity index (χ3v) is 4.31. The molecule has 0 aliphatic heterocycles. The number of ether oxygens (including phenoxy) is 4. The van der Waals surface area contributed by atoms with E-state index in [0.29, 0.717) is 24.7 Å². The molecule has 7 nitrogen and oxygen atoms in total. The standard InChI is InChI=1S/C21H24ClNO6/c1-5-28-19-17(22)10-15(11-18(19)27-4)21(25)29-13(2)20(24)23-12-14-6-8-16(26-3)9-7-14/h6-11,13H,5,12H2,1-4H3,(H,23,24)/t13-/m0/s1. The van der Waals surface area contributed by atoms with E-state index in [4.69, 9.17) is 30.5 Å². The van der Waals surface area contributed by atoms with Gasteiger partial charge in [0, 0.05) is 6.54 Å². The summed E-state index contributed by atoms with van der Waals surface area (Å²) in [5, 5.41) is 2.94. The fourth-order valence-electron chi connectivity index (χ4n) is 2.48. The van der Waals surface area contributed by atoms with Crippen molar-refractivity contribution in [2.75, 3.05) is 20.8 Å². The average Bonchev–Trinajstić information content (AvgIpc) is 2.73. The second-order valence-corrected chi connectivity index (χ2v) is 6.44. The Morgan fingerprint density at radius 1 is 1.10 bits per heavy atom. The van der Waals surface area contributed by atoms with Crippen molar-refractivity contribution in [3.63, 3.8) is 0 Å². The smallest absolute Gasteiger partial charge is 0.339 e. The maximum Gasteiger partial charge on any atom is 0.339 e. The van der Waals surface area contributed by atoms with Gasteiger partial charge in [0.25, 0.3) is 5.91 Å².